The molecule has 0 aliphatic carbocycles. The van der Waals surface area contributed by atoms with E-state index in [0.717, 1.165) is 11.1 Å². The maximum atomic E-state index is 12.6. The molecule has 20 heavy (non-hydrogen) atoms. The van der Waals surface area contributed by atoms with Gasteiger partial charge in [0.05, 0.1) is 24.6 Å². The molecule has 0 bridgehead atoms. The van der Waals surface area contributed by atoms with Crippen molar-refractivity contribution in [2.75, 3.05) is 0 Å². The lowest BCUT2D eigenvalue weighted by molar-refractivity contribution is 0.0732. The molecule has 0 aliphatic rings. The standard InChI is InChI=1S/C15H13NO2S2/c17-15(13-4-7-19-11-13)16(8-12-3-5-18-10-12)9-14-2-1-6-20-14/h1-7,10-11H,8-9H2. The maximum Gasteiger partial charge on any atom is 0.255 e. The van der Waals surface area contributed by atoms with Gasteiger partial charge in [0.2, 0.25) is 0 Å². The second-order valence-corrected chi connectivity index (χ2v) is 6.20. The highest BCUT2D eigenvalue weighted by molar-refractivity contribution is 7.09. The minimum atomic E-state index is 0.0563. The first-order chi connectivity index (χ1) is 9.83. The van der Waals surface area contributed by atoms with Crippen LogP contribution in [0.15, 0.2) is 57.3 Å². The Bertz CT molecular complexity index is 606. The summed E-state index contributed by atoms with van der Waals surface area (Å²) in [5.41, 5.74) is 1.75. The van der Waals surface area contributed by atoms with E-state index in [0.29, 0.717) is 13.1 Å². The first kappa shape index (κ1) is 13.1. The molecule has 1 amide bonds. The number of amides is 1. The third kappa shape index (κ3) is 3.00. The quantitative estimate of drug-likeness (QED) is 0.706. The molecule has 3 nitrogen and oxygen atoms in total. The number of hydrogen-bond donors (Lipinski definition) is 0. The smallest absolute Gasteiger partial charge is 0.255 e. The molecule has 3 aromatic rings. The molecule has 0 saturated carbocycles. The van der Waals surface area contributed by atoms with Gasteiger partial charge in [-0.3, -0.25) is 4.79 Å². The van der Waals surface area contributed by atoms with E-state index in [4.69, 9.17) is 4.42 Å². The number of nitrogens with zero attached hydrogens (tertiary/aromatic N) is 1. The lowest BCUT2D eigenvalue weighted by Gasteiger charge is -2.21. The number of carbonyl (C=O) groups is 1. The summed E-state index contributed by atoms with van der Waals surface area (Å²) in [7, 11) is 0. The van der Waals surface area contributed by atoms with Gasteiger partial charge in [0.1, 0.15) is 0 Å². The number of hydrogen-bond acceptors (Lipinski definition) is 4. The summed E-state index contributed by atoms with van der Waals surface area (Å²) in [6.07, 6.45) is 3.32. The van der Waals surface area contributed by atoms with Crippen LogP contribution in [0, 0.1) is 0 Å². The minimum absolute atomic E-state index is 0.0563. The van der Waals surface area contributed by atoms with Crippen LogP contribution >= 0.6 is 22.7 Å². The third-order valence-corrected chi connectivity index (χ3v) is 4.48. The van der Waals surface area contributed by atoms with E-state index in [1.807, 2.05) is 45.3 Å². The molecule has 3 heterocycles. The highest BCUT2D eigenvalue weighted by Crippen LogP contribution is 2.18. The molecule has 0 saturated heterocycles. The fourth-order valence-electron chi connectivity index (χ4n) is 1.96. The molecule has 0 aliphatic heterocycles. The summed E-state index contributed by atoms with van der Waals surface area (Å²) in [5.74, 6) is 0.0563. The number of carbonyl (C=O) groups excluding carboxylic acids is 1. The summed E-state index contributed by atoms with van der Waals surface area (Å²) < 4.78 is 5.09. The van der Waals surface area contributed by atoms with Crippen LogP contribution in [0.25, 0.3) is 0 Å². The van der Waals surface area contributed by atoms with E-state index in [-0.39, 0.29) is 5.91 Å². The molecule has 102 valence electrons. The Morgan fingerprint density at radius 3 is 2.80 bits per heavy atom. The molecule has 0 fully saturated rings. The Morgan fingerprint density at radius 1 is 1.20 bits per heavy atom. The van der Waals surface area contributed by atoms with E-state index >= 15 is 0 Å². The Labute approximate surface area is 125 Å². The first-order valence-corrected chi connectivity index (χ1v) is 8.00. The van der Waals surface area contributed by atoms with Gasteiger partial charge >= 0.3 is 0 Å². The van der Waals surface area contributed by atoms with Crippen LogP contribution in [0.3, 0.4) is 0 Å². The predicted octanol–water partition coefficient (Wildman–Crippen LogP) is 4.25. The van der Waals surface area contributed by atoms with Crippen LogP contribution in [0.2, 0.25) is 0 Å². The van der Waals surface area contributed by atoms with Crippen molar-refractivity contribution in [2.24, 2.45) is 0 Å². The molecular weight excluding hydrogens is 290 g/mol. The van der Waals surface area contributed by atoms with Gasteiger partial charge in [-0.15, -0.1) is 11.3 Å². The summed E-state index contributed by atoms with van der Waals surface area (Å²) in [4.78, 5) is 15.6. The van der Waals surface area contributed by atoms with Crippen molar-refractivity contribution >= 4 is 28.6 Å². The van der Waals surface area contributed by atoms with Crippen LogP contribution in [0.5, 0.6) is 0 Å². The lowest BCUT2D eigenvalue weighted by atomic mass is 10.2. The van der Waals surface area contributed by atoms with Crippen LogP contribution in [-0.2, 0) is 13.1 Å². The first-order valence-electron chi connectivity index (χ1n) is 6.18. The van der Waals surface area contributed by atoms with Gasteiger partial charge in [0.15, 0.2) is 0 Å². The zero-order chi connectivity index (χ0) is 13.8. The minimum Gasteiger partial charge on any atom is -0.472 e. The van der Waals surface area contributed by atoms with Gasteiger partial charge in [-0.2, -0.15) is 11.3 Å². The molecule has 0 N–H and O–H groups in total. The molecule has 0 unspecified atom stereocenters. The van der Waals surface area contributed by atoms with E-state index in [1.54, 1.807) is 23.9 Å². The van der Waals surface area contributed by atoms with Crippen LogP contribution in [0.4, 0.5) is 0 Å². The van der Waals surface area contributed by atoms with E-state index < -0.39 is 0 Å². The molecule has 5 heteroatoms. The van der Waals surface area contributed by atoms with Crippen molar-refractivity contribution in [1.29, 1.82) is 0 Å². The molecule has 3 aromatic heterocycles. The summed E-state index contributed by atoms with van der Waals surface area (Å²) in [6.45, 7) is 1.18. The fourth-order valence-corrected chi connectivity index (χ4v) is 3.31. The zero-order valence-electron chi connectivity index (χ0n) is 10.7. The van der Waals surface area contributed by atoms with Crippen LogP contribution in [-0.4, -0.2) is 10.8 Å². The molecule has 0 radical (unpaired) electrons. The largest absolute Gasteiger partial charge is 0.472 e. The fraction of sp³-hybridized carbons (Fsp3) is 0.133. The number of furan rings is 1. The third-order valence-electron chi connectivity index (χ3n) is 2.94. The van der Waals surface area contributed by atoms with Gasteiger partial charge in [-0.05, 0) is 29.0 Å². The monoisotopic (exact) mass is 303 g/mol. The van der Waals surface area contributed by atoms with Gasteiger partial charge in [-0.1, -0.05) is 6.07 Å². The summed E-state index contributed by atoms with van der Waals surface area (Å²) >= 11 is 3.20. The predicted molar refractivity (Wildman–Crippen MR) is 80.9 cm³/mol. The SMILES string of the molecule is O=C(c1ccsc1)N(Cc1ccoc1)Cc1cccs1. The average molecular weight is 303 g/mol. The molecule has 3 rings (SSSR count). The molecule has 0 aromatic carbocycles. The number of rotatable bonds is 5. The second kappa shape index (κ2) is 6.07. The van der Waals surface area contributed by atoms with Crippen molar-refractivity contribution in [1.82, 2.24) is 4.90 Å². The van der Waals surface area contributed by atoms with Crippen LogP contribution < -0.4 is 0 Å². The Hall–Kier alpha value is -1.85. The van der Waals surface area contributed by atoms with Crippen molar-refractivity contribution in [3.05, 3.63) is 68.9 Å². The van der Waals surface area contributed by atoms with E-state index in [9.17, 15) is 4.79 Å². The summed E-state index contributed by atoms with van der Waals surface area (Å²) in [5, 5.41) is 5.84. The van der Waals surface area contributed by atoms with Crippen LogP contribution in [0.1, 0.15) is 20.8 Å². The lowest BCUT2D eigenvalue weighted by Crippen LogP contribution is -2.29. The van der Waals surface area contributed by atoms with Crippen molar-refractivity contribution in [3.63, 3.8) is 0 Å². The Kier molecular flexibility index (Phi) is 3.99. The van der Waals surface area contributed by atoms with Crippen molar-refractivity contribution in [3.8, 4) is 0 Å². The molecular formula is C15H13NO2S2. The molecule has 0 atom stereocenters. The number of thiophene rings is 2. The van der Waals surface area contributed by atoms with E-state index in [2.05, 4.69) is 0 Å². The maximum absolute atomic E-state index is 12.6. The van der Waals surface area contributed by atoms with E-state index in [1.165, 1.54) is 16.2 Å². The average Bonchev–Trinajstić information content (AvgIpc) is 3.20. The topological polar surface area (TPSA) is 33.5 Å². The van der Waals surface area contributed by atoms with Crippen molar-refractivity contribution in [2.45, 2.75) is 13.1 Å². The Morgan fingerprint density at radius 2 is 2.15 bits per heavy atom. The normalized spacial score (nSPS) is 10.6. The van der Waals surface area contributed by atoms with Crippen molar-refractivity contribution < 1.29 is 9.21 Å². The van der Waals surface area contributed by atoms with Gasteiger partial charge in [-0.25, -0.2) is 0 Å². The second-order valence-electron chi connectivity index (χ2n) is 4.38. The van der Waals surface area contributed by atoms with Gasteiger partial charge < -0.3 is 9.32 Å². The highest BCUT2D eigenvalue weighted by atomic mass is 32.1. The Balaban J connectivity index is 1.81. The zero-order valence-corrected chi connectivity index (χ0v) is 12.3. The molecule has 0 spiro atoms. The van der Waals surface area contributed by atoms with Gasteiger partial charge in [0.25, 0.3) is 5.91 Å². The van der Waals surface area contributed by atoms with Gasteiger partial charge in [0, 0.05) is 22.4 Å². The highest BCUT2D eigenvalue weighted by Gasteiger charge is 2.17. The summed E-state index contributed by atoms with van der Waals surface area (Å²) in [6, 6.07) is 7.81.